The van der Waals surface area contributed by atoms with Crippen LogP contribution in [-0.2, 0) is 0 Å². The van der Waals surface area contributed by atoms with Gasteiger partial charge in [-0.1, -0.05) is 45.1 Å². The summed E-state index contributed by atoms with van der Waals surface area (Å²) in [6, 6.07) is 5.06. The van der Waals surface area contributed by atoms with Gasteiger partial charge in [-0.3, -0.25) is 0 Å². The lowest BCUT2D eigenvalue weighted by atomic mass is 9.59. The van der Waals surface area contributed by atoms with Crippen molar-refractivity contribution in [1.82, 2.24) is 0 Å². The number of benzene rings is 3. The van der Waals surface area contributed by atoms with E-state index in [1.165, 1.54) is 0 Å². The molecule has 0 unspecified atom stereocenters. The summed E-state index contributed by atoms with van der Waals surface area (Å²) in [7, 11) is 55.2. The zero-order chi connectivity index (χ0) is 21.8. The molecule has 0 spiro atoms. The highest BCUT2D eigenvalue weighted by Crippen LogP contribution is 2.30. The maximum atomic E-state index is 6.35. The summed E-state index contributed by atoms with van der Waals surface area (Å²) < 4.78 is 0. The van der Waals surface area contributed by atoms with Crippen LogP contribution in [0.25, 0.3) is 22.3 Å². The van der Waals surface area contributed by atoms with Gasteiger partial charge in [0.15, 0.2) is 0 Å². The molecule has 116 valence electrons. The summed E-state index contributed by atoms with van der Waals surface area (Å²) in [5.41, 5.74) is 4.37. The molecule has 0 amide bonds. The molecule has 0 atom stereocenters. The Morgan fingerprint density at radius 1 is 0.517 bits per heavy atom. The Hall–Kier alpha value is -1.47. The topological polar surface area (TPSA) is 0 Å². The predicted octanol–water partition coefficient (Wildman–Crippen LogP) is -4.87. The summed E-state index contributed by atoms with van der Waals surface area (Å²) in [6.45, 7) is 1.75. The zero-order valence-corrected chi connectivity index (χ0v) is 16.6. The first kappa shape index (κ1) is 22.2. The van der Waals surface area contributed by atoms with E-state index in [4.69, 9.17) is 82.2 Å². The molecule has 0 bridgehead atoms. The number of hydrogen-bond donors (Lipinski definition) is 0. The van der Waals surface area contributed by atoms with Crippen LogP contribution < -0.4 is 49.2 Å². The van der Waals surface area contributed by atoms with Crippen LogP contribution in [-0.4, -0.2) is 70.6 Å². The van der Waals surface area contributed by atoms with Crippen molar-refractivity contribution >= 4 is 131 Å². The van der Waals surface area contributed by atoms with Crippen LogP contribution in [0.4, 0.5) is 0 Å². The lowest BCUT2D eigenvalue weighted by molar-refractivity contribution is 1.57. The van der Waals surface area contributed by atoms with Crippen LogP contribution in [0.3, 0.4) is 0 Å². The maximum Gasteiger partial charge on any atom is 0.114 e. The Bertz CT molecular complexity index is 1110. The van der Waals surface area contributed by atoms with E-state index in [1.54, 1.807) is 25.1 Å². The van der Waals surface area contributed by atoms with E-state index in [-0.39, 0.29) is 38.2 Å². The molecule has 29 heavy (non-hydrogen) atoms. The molecule has 3 rings (SSSR count). The summed E-state index contributed by atoms with van der Waals surface area (Å²) in [4.78, 5) is 0. The fourth-order valence-corrected chi connectivity index (χ4v) is 3.50. The molecule has 3 aromatic carbocycles. The molecule has 0 heterocycles. The predicted molar refractivity (Wildman–Crippen MR) is 136 cm³/mol. The third kappa shape index (κ3) is 3.50. The number of hydrogen-bond acceptors (Lipinski definition) is 0. The largest absolute Gasteiger partial charge is 0.114 e. The van der Waals surface area contributed by atoms with Crippen LogP contribution in [0.2, 0.25) is 5.02 Å². The van der Waals surface area contributed by atoms with Gasteiger partial charge in [-0.2, -0.15) is 0 Å². The molecule has 0 nitrogen and oxygen atoms in total. The van der Waals surface area contributed by atoms with Crippen molar-refractivity contribution in [3.63, 3.8) is 0 Å². The van der Waals surface area contributed by atoms with Crippen molar-refractivity contribution in [2.45, 2.75) is 6.92 Å². The van der Waals surface area contributed by atoms with Gasteiger partial charge in [0.2, 0.25) is 0 Å². The van der Waals surface area contributed by atoms with Crippen molar-refractivity contribution in [2.75, 3.05) is 0 Å². The quantitative estimate of drug-likeness (QED) is 0.399. The van der Waals surface area contributed by atoms with Gasteiger partial charge in [-0.05, 0) is 41.3 Å². The standard InChI is InChI=1S/C19H6B9Cl/c1-5-11(20)10(15(24)16(25)12(5)21)8-4-6(29)2-3-7(8)9-13(22)17(26)19(28)18(27)14(9)23/h2-4H,1H3. The van der Waals surface area contributed by atoms with Crippen molar-refractivity contribution in [3.05, 3.63) is 28.8 Å². The van der Waals surface area contributed by atoms with E-state index in [0.717, 1.165) is 0 Å². The Balaban J connectivity index is 2.50. The van der Waals surface area contributed by atoms with E-state index < -0.39 is 0 Å². The molecule has 0 saturated heterocycles. The summed E-state index contributed by atoms with van der Waals surface area (Å²) in [5, 5.41) is 0.434. The van der Waals surface area contributed by atoms with Crippen molar-refractivity contribution in [2.24, 2.45) is 0 Å². The lowest BCUT2D eigenvalue weighted by Gasteiger charge is -2.26. The van der Waals surface area contributed by atoms with Crippen LogP contribution >= 0.6 is 11.6 Å². The molecule has 0 aliphatic heterocycles. The second kappa shape index (κ2) is 7.99. The summed E-state index contributed by atoms with van der Waals surface area (Å²) in [5.74, 6) is 0. The van der Waals surface area contributed by atoms with Gasteiger partial charge >= 0.3 is 0 Å². The van der Waals surface area contributed by atoms with E-state index in [9.17, 15) is 0 Å². The molecule has 0 N–H and O–H groups in total. The average molecular weight is 367 g/mol. The van der Waals surface area contributed by atoms with Crippen LogP contribution in [0.1, 0.15) is 5.56 Å². The van der Waals surface area contributed by atoms with Gasteiger partial charge in [-0.15, -0.1) is 27.3 Å². The highest BCUT2D eigenvalue weighted by atomic mass is 35.5. The summed E-state index contributed by atoms with van der Waals surface area (Å²) >= 11 is 6.27. The van der Waals surface area contributed by atoms with Crippen molar-refractivity contribution < 1.29 is 0 Å². The molecule has 0 aliphatic rings. The second-order valence-corrected chi connectivity index (χ2v) is 7.22. The van der Waals surface area contributed by atoms with E-state index in [1.807, 2.05) is 0 Å². The Morgan fingerprint density at radius 2 is 0.931 bits per heavy atom. The second-order valence-electron chi connectivity index (χ2n) is 6.79. The molecular weight excluding hydrogens is 361 g/mol. The first-order chi connectivity index (χ1) is 13.5. The molecule has 0 aromatic heterocycles. The van der Waals surface area contributed by atoms with Gasteiger partial charge in [0.1, 0.15) is 70.6 Å². The average Bonchev–Trinajstić information content (AvgIpc) is 2.69. The normalized spacial score (nSPS) is 11.0. The number of rotatable bonds is 2. The molecule has 3 aromatic rings. The molecule has 18 radical (unpaired) electrons. The van der Waals surface area contributed by atoms with Gasteiger partial charge in [0.05, 0.1) is 0 Å². The third-order valence-corrected chi connectivity index (χ3v) is 5.38. The Kier molecular flexibility index (Phi) is 6.12. The van der Waals surface area contributed by atoms with Crippen LogP contribution in [0, 0.1) is 6.92 Å². The smallest absolute Gasteiger partial charge is 0.112 e. The minimum absolute atomic E-state index is 0.117. The fraction of sp³-hybridized carbons (Fsp3) is 0.0526. The molecule has 0 saturated carbocycles. The van der Waals surface area contributed by atoms with E-state index >= 15 is 0 Å². The molecule has 10 heteroatoms. The molecule has 0 aliphatic carbocycles. The van der Waals surface area contributed by atoms with Gasteiger partial charge in [0, 0.05) is 5.02 Å². The lowest BCUT2D eigenvalue weighted by Crippen LogP contribution is -2.55. The Morgan fingerprint density at radius 3 is 1.45 bits per heavy atom. The Labute approximate surface area is 189 Å². The van der Waals surface area contributed by atoms with E-state index in [0.29, 0.717) is 43.8 Å². The summed E-state index contributed by atoms with van der Waals surface area (Å²) in [6.07, 6.45) is 0. The van der Waals surface area contributed by atoms with Crippen molar-refractivity contribution in [3.8, 4) is 22.3 Å². The van der Waals surface area contributed by atoms with Crippen molar-refractivity contribution in [1.29, 1.82) is 0 Å². The third-order valence-electron chi connectivity index (χ3n) is 5.15. The van der Waals surface area contributed by atoms with Crippen LogP contribution in [0.5, 0.6) is 0 Å². The van der Waals surface area contributed by atoms with Gasteiger partial charge < -0.3 is 0 Å². The zero-order valence-electron chi connectivity index (χ0n) is 15.8. The first-order valence-corrected chi connectivity index (χ1v) is 8.90. The minimum Gasteiger partial charge on any atom is -0.112 e. The monoisotopic (exact) mass is 368 g/mol. The fourth-order valence-electron chi connectivity index (χ4n) is 3.33. The first-order valence-electron chi connectivity index (χ1n) is 8.53. The maximum absolute atomic E-state index is 6.35. The van der Waals surface area contributed by atoms with Gasteiger partial charge in [0.25, 0.3) is 0 Å². The SMILES string of the molecule is [B]c1c([B])c([B])c(-c2ccc(Cl)cc2-c2c([B])c([B])c([B])c(C)c2[B])c([B])c1[B]. The van der Waals surface area contributed by atoms with Gasteiger partial charge in [-0.25, -0.2) is 0 Å². The molecule has 0 fully saturated rings. The highest BCUT2D eigenvalue weighted by Gasteiger charge is 2.19. The van der Waals surface area contributed by atoms with Crippen LogP contribution in [0.15, 0.2) is 18.2 Å². The highest BCUT2D eigenvalue weighted by molar-refractivity contribution is 6.69. The number of halogens is 1. The minimum atomic E-state index is 0.117. The van der Waals surface area contributed by atoms with E-state index in [2.05, 4.69) is 0 Å². The molecular formula is C19H6B9Cl.